The van der Waals surface area contributed by atoms with Crippen molar-refractivity contribution in [2.75, 3.05) is 0 Å². The average molecular weight is 411 g/mol. The van der Waals surface area contributed by atoms with Gasteiger partial charge in [-0.05, 0) is 37.1 Å². The fourth-order valence-corrected chi connectivity index (χ4v) is 5.46. The number of rotatable bonds is 6. The van der Waals surface area contributed by atoms with Gasteiger partial charge in [0.25, 0.3) is 15.9 Å². The molecule has 0 saturated carbocycles. The largest absolute Gasteiger partial charge is 0.356 e. The summed E-state index contributed by atoms with van der Waals surface area (Å²) >= 11 is 0. The molecule has 2 aliphatic heterocycles. The maximum Gasteiger partial charge on any atom is 0.273 e. The first kappa shape index (κ1) is 19.5. The van der Waals surface area contributed by atoms with E-state index in [0.717, 1.165) is 15.4 Å². The van der Waals surface area contributed by atoms with Gasteiger partial charge in [-0.25, -0.2) is 12.7 Å². The number of carbonyl (C=O) groups excluding carboxylic acids is 2. The van der Waals surface area contributed by atoms with Crippen LogP contribution < -0.4 is 0 Å². The van der Waals surface area contributed by atoms with Crippen molar-refractivity contribution in [3.63, 3.8) is 0 Å². The van der Waals surface area contributed by atoms with Crippen LogP contribution in [0.4, 0.5) is 0 Å². The molecular weight excluding hydrogens is 390 g/mol. The van der Waals surface area contributed by atoms with Gasteiger partial charge in [-0.3, -0.25) is 4.79 Å². The number of ether oxygens (including phenoxy) is 1. The number of aryl methyl sites for hydroxylation is 1. The van der Waals surface area contributed by atoms with Gasteiger partial charge in [-0.1, -0.05) is 54.1 Å². The van der Waals surface area contributed by atoms with E-state index in [9.17, 15) is 18.0 Å². The zero-order chi connectivity index (χ0) is 20.6. The SMILES string of the molecule is Cc1ccc(S(=O)(=O)N2C(=O)[C@@]3(OCc4ccccc4)C=C[C@@H]2C[C@@H]3C=O)cc1. The summed E-state index contributed by atoms with van der Waals surface area (Å²) in [5.74, 6) is -1.46. The lowest BCUT2D eigenvalue weighted by Gasteiger charge is -2.49. The van der Waals surface area contributed by atoms with E-state index >= 15 is 0 Å². The molecule has 0 radical (unpaired) electrons. The smallest absolute Gasteiger partial charge is 0.273 e. The fourth-order valence-electron chi connectivity index (χ4n) is 3.88. The Kier molecular flexibility index (Phi) is 4.88. The van der Waals surface area contributed by atoms with E-state index in [-0.39, 0.29) is 17.9 Å². The van der Waals surface area contributed by atoms with Crippen LogP contribution in [-0.2, 0) is 31.0 Å². The monoisotopic (exact) mass is 411 g/mol. The number of carbonyl (C=O) groups is 2. The number of fused-ring (bicyclic) bond motifs is 2. The van der Waals surface area contributed by atoms with Crippen molar-refractivity contribution in [1.82, 2.24) is 4.31 Å². The molecule has 0 aromatic heterocycles. The highest BCUT2D eigenvalue weighted by molar-refractivity contribution is 7.89. The number of benzene rings is 2. The number of hydrogen-bond acceptors (Lipinski definition) is 5. The van der Waals surface area contributed by atoms with E-state index in [1.807, 2.05) is 37.3 Å². The molecule has 0 spiro atoms. The van der Waals surface area contributed by atoms with Crippen LogP contribution in [0.15, 0.2) is 71.6 Å². The minimum absolute atomic E-state index is 0.0401. The van der Waals surface area contributed by atoms with Crippen molar-refractivity contribution in [3.05, 3.63) is 77.9 Å². The third-order valence-corrected chi connectivity index (χ3v) is 7.33. The zero-order valence-corrected chi connectivity index (χ0v) is 16.7. The van der Waals surface area contributed by atoms with Crippen LogP contribution in [0.5, 0.6) is 0 Å². The fraction of sp³-hybridized carbons (Fsp3) is 0.273. The first-order chi connectivity index (χ1) is 13.9. The Balaban J connectivity index is 1.70. The van der Waals surface area contributed by atoms with E-state index in [4.69, 9.17) is 4.74 Å². The Labute approximate surface area is 169 Å². The molecule has 2 aromatic carbocycles. The molecular formula is C22H21NO5S. The summed E-state index contributed by atoms with van der Waals surface area (Å²) in [7, 11) is -4.07. The number of hydrogen-bond donors (Lipinski definition) is 0. The summed E-state index contributed by atoms with van der Waals surface area (Å²) in [4.78, 5) is 25.2. The molecule has 29 heavy (non-hydrogen) atoms. The predicted octanol–water partition coefficient (Wildman–Crippen LogP) is 2.63. The normalized spacial score (nSPS) is 26.0. The van der Waals surface area contributed by atoms with Gasteiger partial charge in [-0.2, -0.15) is 0 Å². The van der Waals surface area contributed by atoms with Crippen LogP contribution in [0, 0.1) is 12.8 Å². The van der Waals surface area contributed by atoms with E-state index in [1.165, 1.54) is 12.1 Å². The summed E-state index contributed by atoms with van der Waals surface area (Å²) in [6, 6.07) is 14.9. The second-order valence-corrected chi connectivity index (χ2v) is 9.21. The van der Waals surface area contributed by atoms with Gasteiger partial charge in [0, 0.05) is 0 Å². The Morgan fingerprint density at radius 2 is 1.83 bits per heavy atom. The topological polar surface area (TPSA) is 80.8 Å². The van der Waals surface area contributed by atoms with Gasteiger partial charge in [0.2, 0.25) is 0 Å². The van der Waals surface area contributed by atoms with Crippen molar-refractivity contribution in [2.45, 2.75) is 36.5 Å². The molecule has 0 unspecified atom stereocenters. The molecule has 1 fully saturated rings. The highest BCUT2D eigenvalue weighted by Gasteiger charge is 2.59. The maximum absolute atomic E-state index is 13.4. The molecule has 150 valence electrons. The zero-order valence-electron chi connectivity index (χ0n) is 15.9. The average Bonchev–Trinajstić information content (AvgIpc) is 2.73. The number of aldehydes is 1. The Hall–Kier alpha value is -2.77. The molecule has 3 atom stereocenters. The number of amides is 1. The standard InChI is InChI=1S/C22H21NO5S/c1-16-7-9-20(10-8-16)29(26,27)23-19-11-12-22(21(23)25,18(13-19)14-24)28-15-17-5-3-2-4-6-17/h2-12,14,18-19H,13,15H2,1H3/t18-,19-,22-/m1/s1. The molecule has 0 N–H and O–H groups in total. The lowest BCUT2D eigenvalue weighted by Crippen LogP contribution is -2.66. The second-order valence-electron chi connectivity index (χ2n) is 7.39. The maximum atomic E-state index is 13.4. The Morgan fingerprint density at radius 3 is 2.48 bits per heavy atom. The summed E-state index contributed by atoms with van der Waals surface area (Å²) in [5, 5.41) is 0. The van der Waals surface area contributed by atoms with Gasteiger partial charge < -0.3 is 9.53 Å². The minimum atomic E-state index is -4.07. The number of piperidine rings is 1. The molecule has 1 aliphatic carbocycles. The summed E-state index contributed by atoms with van der Waals surface area (Å²) in [5.41, 5.74) is 0.122. The van der Waals surface area contributed by atoms with E-state index in [1.54, 1.807) is 24.3 Å². The Bertz CT molecular complexity index is 1060. The van der Waals surface area contributed by atoms with E-state index in [2.05, 4.69) is 0 Å². The highest BCUT2D eigenvalue weighted by atomic mass is 32.2. The summed E-state index contributed by atoms with van der Waals surface area (Å²) in [6.07, 6.45) is 4.09. The quantitative estimate of drug-likeness (QED) is 0.539. The van der Waals surface area contributed by atoms with Crippen molar-refractivity contribution >= 4 is 22.2 Å². The van der Waals surface area contributed by atoms with Gasteiger partial charge in [0.1, 0.15) is 6.29 Å². The van der Waals surface area contributed by atoms with Gasteiger partial charge in [0.05, 0.1) is 23.5 Å². The van der Waals surface area contributed by atoms with Gasteiger partial charge in [0.15, 0.2) is 5.60 Å². The number of nitrogens with zero attached hydrogens (tertiary/aromatic N) is 1. The molecule has 5 rings (SSSR count). The van der Waals surface area contributed by atoms with Crippen LogP contribution in [0.2, 0.25) is 0 Å². The second kappa shape index (κ2) is 7.24. The number of sulfonamides is 1. The highest BCUT2D eigenvalue weighted by Crippen LogP contribution is 2.43. The van der Waals surface area contributed by atoms with Crippen LogP contribution in [-0.4, -0.2) is 36.6 Å². The molecule has 7 heteroatoms. The van der Waals surface area contributed by atoms with Crippen molar-refractivity contribution in [3.8, 4) is 0 Å². The van der Waals surface area contributed by atoms with E-state index < -0.39 is 33.5 Å². The van der Waals surface area contributed by atoms with Crippen molar-refractivity contribution < 1.29 is 22.7 Å². The molecule has 2 heterocycles. The van der Waals surface area contributed by atoms with Crippen LogP contribution in [0.25, 0.3) is 0 Å². The third kappa shape index (κ3) is 3.20. The van der Waals surface area contributed by atoms with Crippen molar-refractivity contribution in [1.29, 1.82) is 0 Å². The minimum Gasteiger partial charge on any atom is -0.356 e. The first-order valence-corrected chi connectivity index (χ1v) is 10.8. The van der Waals surface area contributed by atoms with Crippen LogP contribution in [0.1, 0.15) is 17.5 Å². The third-order valence-electron chi connectivity index (χ3n) is 5.51. The molecule has 6 nitrogen and oxygen atoms in total. The van der Waals surface area contributed by atoms with Crippen LogP contribution in [0.3, 0.4) is 0 Å². The molecule has 2 aromatic rings. The van der Waals surface area contributed by atoms with Gasteiger partial charge in [-0.15, -0.1) is 0 Å². The predicted molar refractivity (Wildman–Crippen MR) is 106 cm³/mol. The van der Waals surface area contributed by atoms with E-state index in [0.29, 0.717) is 6.29 Å². The molecule has 1 amide bonds. The molecule has 3 aliphatic rings. The van der Waals surface area contributed by atoms with Crippen molar-refractivity contribution in [2.24, 2.45) is 5.92 Å². The van der Waals surface area contributed by atoms with Gasteiger partial charge >= 0.3 is 0 Å². The first-order valence-electron chi connectivity index (χ1n) is 9.36. The lowest BCUT2D eigenvalue weighted by atomic mass is 9.74. The molecule has 2 bridgehead atoms. The molecule has 1 saturated heterocycles. The lowest BCUT2D eigenvalue weighted by molar-refractivity contribution is -0.168. The van der Waals surface area contributed by atoms with Crippen LogP contribution >= 0.6 is 0 Å². The summed E-state index contributed by atoms with van der Waals surface area (Å²) in [6.45, 7) is 1.94. The summed E-state index contributed by atoms with van der Waals surface area (Å²) < 4.78 is 33.3. The Morgan fingerprint density at radius 1 is 1.14 bits per heavy atom.